The number of hydrogen-bond acceptors (Lipinski definition) is 2. The molecule has 0 fully saturated rings. The number of rotatable bonds is 3. The monoisotopic (exact) mass is 297 g/mol. The maximum atomic E-state index is 11.9. The van der Waals surface area contributed by atoms with Crippen molar-refractivity contribution in [3.63, 3.8) is 0 Å². The van der Waals surface area contributed by atoms with Gasteiger partial charge in [-0.1, -0.05) is 11.6 Å². The summed E-state index contributed by atoms with van der Waals surface area (Å²) in [6.07, 6.45) is 0. The molecule has 1 amide bonds. The van der Waals surface area contributed by atoms with Crippen molar-refractivity contribution in [1.29, 1.82) is 0 Å². The van der Waals surface area contributed by atoms with Crippen molar-refractivity contribution in [2.45, 2.75) is 20.4 Å². The second-order valence-electron chi connectivity index (χ2n) is 5.14. The Morgan fingerprint density at radius 1 is 1.53 bits per heavy atom. The zero-order chi connectivity index (χ0) is 14.2. The first-order valence-electron chi connectivity index (χ1n) is 5.95. The lowest BCUT2D eigenvalue weighted by Gasteiger charge is -2.23. The molecule has 0 saturated heterocycles. The van der Waals surface area contributed by atoms with Crippen LogP contribution in [0.3, 0.4) is 0 Å². The summed E-state index contributed by atoms with van der Waals surface area (Å²) in [6, 6.07) is 5.55. The minimum Gasteiger partial charge on any atom is -0.359 e. The minimum absolute atomic E-state index is 0.0224. The Bertz CT molecular complexity index is 687. The second kappa shape index (κ2) is 4.98. The van der Waals surface area contributed by atoms with Crippen LogP contribution in [-0.4, -0.2) is 22.5 Å². The lowest BCUT2D eigenvalue weighted by Crippen LogP contribution is -2.37. The van der Waals surface area contributed by atoms with E-state index < -0.39 is 5.41 Å². The molecule has 2 rings (SSSR count). The van der Waals surface area contributed by atoms with Gasteiger partial charge >= 0.3 is 0 Å². The predicted octanol–water partition coefficient (Wildman–Crippen LogP) is 3.12. The van der Waals surface area contributed by atoms with Gasteiger partial charge in [-0.25, -0.2) is 0 Å². The molecule has 0 aliphatic rings. The molecule has 0 aliphatic heterocycles. The fourth-order valence-corrected chi connectivity index (χ4v) is 2.53. The van der Waals surface area contributed by atoms with Crippen LogP contribution in [0.25, 0.3) is 11.0 Å². The van der Waals surface area contributed by atoms with Crippen molar-refractivity contribution in [1.82, 2.24) is 14.9 Å². The van der Waals surface area contributed by atoms with Gasteiger partial charge in [-0.15, -0.1) is 0 Å². The molecule has 19 heavy (non-hydrogen) atoms. The van der Waals surface area contributed by atoms with E-state index >= 15 is 0 Å². The maximum Gasteiger partial charge on any atom is 0.227 e. The van der Waals surface area contributed by atoms with Crippen molar-refractivity contribution < 1.29 is 4.79 Å². The summed E-state index contributed by atoms with van der Waals surface area (Å²) in [4.78, 5) is 15.0. The highest BCUT2D eigenvalue weighted by Crippen LogP contribution is 2.24. The van der Waals surface area contributed by atoms with E-state index in [-0.39, 0.29) is 5.91 Å². The number of carbonyl (C=O) groups is 1. The molecule has 2 aromatic rings. The zero-order valence-electron chi connectivity index (χ0n) is 11.1. The van der Waals surface area contributed by atoms with E-state index in [1.54, 1.807) is 7.05 Å². The van der Waals surface area contributed by atoms with Crippen LogP contribution in [0.2, 0.25) is 5.02 Å². The molecule has 6 heteroatoms. The molecule has 0 radical (unpaired) electrons. The number of aromatic nitrogens is 2. The predicted molar refractivity (Wildman–Crippen MR) is 80.0 cm³/mol. The number of benzene rings is 1. The van der Waals surface area contributed by atoms with Crippen LogP contribution >= 0.6 is 23.8 Å². The van der Waals surface area contributed by atoms with Crippen LogP contribution < -0.4 is 5.32 Å². The highest BCUT2D eigenvalue weighted by atomic mass is 35.5. The number of imidazole rings is 1. The van der Waals surface area contributed by atoms with E-state index in [0.29, 0.717) is 16.3 Å². The highest BCUT2D eigenvalue weighted by Gasteiger charge is 2.28. The first kappa shape index (κ1) is 14.1. The molecule has 0 aliphatic carbocycles. The van der Waals surface area contributed by atoms with Gasteiger partial charge in [-0.2, -0.15) is 0 Å². The summed E-state index contributed by atoms with van der Waals surface area (Å²) in [5.41, 5.74) is 1.28. The first-order valence-corrected chi connectivity index (χ1v) is 6.74. The van der Waals surface area contributed by atoms with Gasteiger partial charge in [0.1, 0.15) is 0 Å². The molecule has 102 valence electrons. The number of halogens is 1. The van der Waals surface area contributed by atoms with Crippen LogP contribution in [0.4, 0.5) is 0 Å². The lowest BCUT2D eigenvalue weighted by atomic mass is 9.92. The van der Waals surface area contributed by atoms with E-state index in [9.17, 15) is 4.79 Å². The summed E-state index contributed by atoms with van der Waals surface area (Å²) in [7, 11) is 1.63. The standard InChI is InChI=1S/C13H16ClN3OS/c1-13(2,11(18)15-3)7-17-10-6-8(14)4-5-9(10)16-12(17)19/h4-6H,7H2,1-3H3,(H,15,18)(H,16,19). The van der Waals surface area contributed by atoms with Crippen LogP contribution in [0.5, 0.6) is 0 Å². The number of hydrogen-bond donors (Lipinski definition) is 2. The average Bonchev–Trinajstić information content (AvgIpc) is 2.64. The van der Waals surface area contributed by atoms with Crippen LogP contribution in [-0.2, 0) is 11.3 Å². The van der Waals surface area contributed by atoms with Gasteiger partial charge in [0, 0.05) is 18.6 Å². The Kier molecular flexibility index (Phi) is 3.69. The first-order chi connectivity index (χ1) is 8.85. The molecular weight excluding hydrogens is 282 g/mol. The third kappa shape index (κ3) is 2.67. The van der Waals surface area contributed by atoms with Gasteiger partial charge in [-0.05, 0) is 44.3 Å². The average molecular weight is 298 g/mol. The van der Waals surface area contributed by atoms with Gasteiger partial charge in [0.2, 0.25) is 5.91 Å². The number of amides is 1. The third-order valence-electron chi connectivity index (χ3n) is 3.13. The Morgan fingerprint density at radius 2 is 2.21 bits per heavy atom. The topological polar surface area (TPSA) is 49.8 Å². The molecule has 2 N–H and O–H groups in total. The quantitative estimate of drug-likeness (QED) is 0.855. The van der Waals surface area contributed by atoms with Gasteiger partial charge in [0.05, 0.1) is 16.4 Å². The third-order valence-corrected chi connectivity index (χ3v) is 3.69. The number of nitrogens with one attached hydrogen (secondary N) is 2. The number of H-pyrrole nitrogens is 1. The minimum atomic E-state index is -0.551. The molecule has 4 nitrogen and oxygen atoms in total. The molecule has 1 aromatic heterocycles. The van der Waals surface area contributed by atoms with Crippen LogP contribution in [0, 0.1) is 10.2 Å². The van der Waals surface area contributed by atoms with Crippen molar-refractivity contribution in [3.8, 4) is 0 Å². The van der Waals surface area contributed by atoms with E-state index in [1.807, 2.05) is 36.6 Å². The summed E-state index contributed by atoms with van der Waals surface area (Å²) < 4.78 is 2.50. The van der Waals surface area contributed by atoms with Gasteiger partial charge in [-0.3, -0.25) is 4.79 Å². The van der Waals surface area contributed by atoms with Gasteiger partial charge in [0.25, 0.3) is 0 Å². The van der Waals surface area contributed by atoms with Crippen molar-refractivity contribution >= 4 is 40.8 Å². The van der Waals surface area contributed by atoms with Crippen LogP contribution in [0.15, 0.2) is 18.2 Å². The van der Waals surface area contributed by atoms with Crippen molar-refractivity contribution in [3.05, 3.63) is 28.0 Å². The molecule has 0 saturated carbocycles. The Hall–Kier alpha value is -1.33. The highest BCUT2D eigenvalue weighted by molar-refractivity contribution is 7.71. The second-order valence-corrected chi connectivity index (χ2v) is 5.96. The van der Waals surface area contributed by atoms with Crippen molar-refractivity contribution in [2.24, 2.45) is 5.41 Å². The molecule has 1 aromatic carbocycles. The number of aromatic amines is 1. The number of fused-ring (bicyclic) bond motifs is 1. The fraction of sp³-hybridized carbons (Fsp3) is 0.385. The van der Waals surface area contributed by atoms with Crippen molar-refractivity contribution in [2.75, 3.05) is 7.05 Å². The molecule has 0 atom stereocenters. The molecular formula is C13H16ClN3OS. The fourth-order valence-electron chi connectivity index (χ4n) is 2.09. The normalized spacial score (nSPS) is 11.8. The largest absolute Gasteiger partial charge is 0.359 e. The SMILES string of the molecule is CNC(=O)C(C)(C)Cn1c(=S)[nH]c2ccc(Cl)cc21. The molecule has 1 heterocycles. The van der Waals surface area contributed by atoms with Gasteiger partial charge in [0.15, 0.2) is 4.77 Å². The van der Waals surface area contributed by atoms with Gasteiger partial charge < -0.3 is 14.9 Å². The summed E-state index contributed by atoms with van der Waals surface area (Å²) in [5.74, 6) is -0.0224. The summed E-state index contributed by atoms with van der Waals surface area (Å²) >= 11 is 11.3. The Morgan fingerprint density at radius 3 is 2.84 bits per heavy atom. The van der Waals surface area contributed by atoms with E-state index in [1.165, 1.54) is 0 Å². The number of nitrogens with zero attached hydrogens (tertiary/aromatic N) is 1. The zero-order valence-corrected chi connectivity index (χ0v) is 12.7. The van der Waals surface area contributed by atoms with E-state index in [4.69, 9.17) is 23.8 Å². The summed E-state index contributed by atoms with van der Waals surface area (Å²) in [6.45, 7) is 4.26. The van der Waals surface area contributed by atoms with Crippen LogP contribution in [0.1, 0.15) is 13.8 Å². The number of carbonyl (C=O) groups excluding carboxylic acids is 1. The maximum absolute atomic E-state index is 11.9. The van der Waals surface area contributed by atoms with E-state index in [2.05, 4.69) is 10.3 Å². The molecule has 0 unspecified atom stereocenters. The Labute approximate surface area is 121 Å². The Balaban J connectivity index is 2.51. The molecule has 0 spiro atoms. The summed E-state index contributed by atoms with van der Waals surface area (Å²) in [5, 5.41) is 3.32. The smallest absolute Gasteiger partial charge is 0.227 e. The lowest BCUT2D eigenvalue weighted by molar-refractivity contribution is -0.129. The van der Waals surface area contributed by atoms with E-state index in [0.717, 1.165) is 11.0 Å². The molecule has 0 bridgehead atoms.